The second-order valence-electron chi connectivity index (χ2n) is 4.73. The van der Waals surface area contributed by atoms with E-state index < -0.39 is 0 Å². The van der Waals surface area contributed by atoms with Gasteiger partial charge in [0.15, 0.2) is 0 Å². The lowest BCUT2D eigenvalue weighted by atomic mass is 9.97. The largest absolute Gasteiger partial charge is 0.384 e. The summed E-state index contributed by atoms with van der Waals surface area (Å²) in [7, 11) is 0. The van der Waals surface area contributed by atoms with Crippen LogP contribution in [0.2, 0.25) is 0 Å². The maximum Gasteiger partial charge on any atom is 0.134 e. The fraction of sp³-hybridized carbons (Fsp3) is 0.667. The quantitative estimate of drug-likeness (QED) is 0.787. The summed E-state index contributed by atoms with van der Waals surface area (Å²) < 4.78 is 0. The number of nitrogen functional groups attached to an aromatic ring is 1. The number of nitrogens with zero attached hydrogens (tertiary/aromatic N) is 3. The second-order valence-corrected chi connectivity index (χ2v) is 4.73. The molecule has 1 saturated heterocycles. The van der Waals surface area contributed by atoms with Gasteiger partial charge in [0.25, 0.3) is 0 Å². The summed E-state index contributed by atoms with van der Waals surface area (Å²) in [5.74, 6) is 2.29. The molecule has 0 saturated carbocycles. The first kappa shape index (κ1) is 11.2. The van der Waals surface area contributed by atoms with Crippen LogP contribution in [-0.4, -0.2) is 22.1 Å². The number of aromatic nitrogens is 2. The molecule has 1 aliphatic heterocycles. The van der Waals surface area contributed by atoms with Crippen LogP contribution >= 0.6 is 0 Å². The number of anilines is 2. The van der Waals surface area contributed by atoms with Crippen LogP contribution < -0.4 is 10.6 Å². The number of hydrogen-bond donors (Lipinski definition) is 1. The monoisotopic (exact) mass is 220 g/mol. The van der Waals surface area contributed by atoms with Crippen molar-refractivity contribution in [3.8, 4) is 0 Å². The molecule has 0 unspecified atom stereocenters. The highest BCUT2D eigenvalue weighted by Gasteiger charge is 2.26. The molecule has 1 aliphatic rings. The lowest BCUT2D eigenvalue weighted by Gasteiger charge is -2.40. The fourth-order valence-electron chi connectivity index (χ4n) is 2.58. The van der Waals surface area contributed by atoms with E-state index in [9.17, 15) is 0 Å². The van der Waals surface area contributed by atoms with Crippen molar-refractivity contribution in [2.75, 3.05) is 10.6 Å². The van der Waals surface area contributed by atoms with Crippen molar-refractivity contribution in [1.29, 1.82) is 0 Å². The first-order valence-corrected chi connectivity index (χ1v) is 5.97. The molecular weight excluding hydrogens is 200 g/mol. The molecule has 0 bridgehead atoms. The van der Waals surface area contributed by atoms with Crippen LogP contribution in [0.4, 0.5) is 11.6 Å². The maximum absolute atomic E-state index is 5.78. The number of piperidine rings is 1. The average Bonchev–Trinajstić information content (AvgIpc) is 2.15. The summed E-state index contributed by atoms with van der Waals surface area (Å²) in [6, 6.07) is 2.96. The van der Waals surface area contributed by atoms with Gasteiger partial charge in [0.1, 0.15) is 17.5 Å². The molecule has 2 rings (SSSR count). The van der Waals surface area contributed by atoms with E-state index >= 15 is 0 Å². The summed E-state index contributed by atoms with van der Waals surface area (Å²) in [6.07, 6.45) is 3.76. The van der Waals surface area contributed by atoms with Gasteiger partial charge in [-0.3, -0.25) is 0 Å². The van der Waals surface area contributed by atoms with Crippen molar-refractivity contribution >= 4 is 11.6 Å². The molecule has 2 atom stereocenters. The lowest BCUT2D eigenvalue weighted by Crippen LogP contribution is -2.44. The minimum atomic E-state index is 0.539. The van der Waals surface area contributed by atoms with E-state index in [2.05, 4.69) is 28.7 Å². The Kier molecular flexibility index (Phi) is 2.99. The molecule has 1 aromatic rings. The Balaban J connectivity index is 2.33. The molecule has 4 heteroatoms. The van der Waals surface area contributed by atoms with Crippen LogP contribution in [0.5, 0.6) is 0 Å². The van der Waals surface area contributed by atoms with Gasteiger partial charge in [-0.2, -0.15) is 0 Å². The highest BCUT2D eigenvalue weighted by atomic mass is 15.2. The fourth-order valence-corrected chi connectivity index (χ4v) is 2.58. The number of rotatable bonds is 1. The first-order valence-electron chi connectivity index (χ1n) is 5.97. The van der Waals surface area contributed by atoms with Crippen molar-refractivity contribution in [3.05, 3.63) is 11.9 Å². The van der Waals surface area contributed by atoms with Gasteiger partial charge >= 0.3 is 0 Å². The molecule has 1 fully saturated rings. The molecule has 16 heavy (non-hydrogen) atoms. The summed E-state index contributed by atoms with van der Waals surface area (Å²) in [4.78, 5) is 11.0. The van der Waals surface area contributed by atoms with Crippen molar-refractivity contribution in [2.45, 2.75) is 52.1 Å². The number of aryl methyl sites for hydroxylation is 1. The van der Waals surface area contributed by atoms with Gasteiger partial charge < -0.3 is 10.6 Å². The van der Waals surface area contributed by atoms with Gasteiger partial charge in [-0.25, -0.2) is 9.97 Å². The summed E-state index contributed by atoms with van der Waals surface area (Å²) in [5.41, 5.74) is 5.78. The molecule has 0 amide bonds. The molecule has 2 N–H and O–H groups in total. The SMILES string of the molecule is Cc1nc(N)cc(N2[C@H](C)CCC[C@@H]2C)n1. The van der Waals surface area contributed by atoms with E-state index in [1.54, 1.807) is 0 Å². The van der Waals surface area contributed by atoms with Crippen LogP contribution in [-0.2, 0) is 0 Å². The van der Waals surface area contributed by atoms with Crippen LogP contribution in [0.15, 0.2) is 6.07 Å². The Morgan fingerprint density at radius 3 is 2.44 bits per heavy atom. The average molecular weight is 220 g/mol. The topological polar surface area (TPSA) is 55.0 Å². The van der Waals surface area contributed by atoms with E-state index in [0.717, 1.165) is 11.6 Å². The van der Waals surface area contributed by atoms with E-state index in [-0.39, 0.29) is 0 Å². The molecule has 0 aromatic carbocycles. The molecule has 0 spiro atoms. The van der Waals surface area contributed by atoms with Crippen LogP contribution in [0.25, 0.3) is 0 Å². The third-order valence-electron chi connectivity index (χ3n) is 3.30. The summed E-state index contributed by atoms with van der Waals surface area (Å²) in [6.45, 7) is 6.39. The highest BCUT2D eigenvalue weighted by Crippen LogP contribution is 2.28. The number of nitrogens with two attached hydrogens (primary N) is 1. The van der Waals surface area contributed by atoms with E-state index in [1.807, 2.05) is 13.0 Å². The molecule has 1 aromatic heterocycles. The predicted octanol–water partition coefficient (Wildman–Crippen LogP) is 2.13. The van der Waals surface area contributed by atoms with E-state index in [4.69, 9.17) is 5.73 Å². The van der Waals surface area contributed by atoms with Crippen LogP contribution in [0, 0.1) is 6.92 Å². The highest BCUT2D eigenvalue weighted by molar-refractivity contribution is 5.48. The van der Waals surface area contributed by atoms with Crippen molar-refractivity contribution < 1.29 is 0 Å². The summed E-state index contributed by atoms with van der Waals surface area (Å²) in [5, 5.41) is 0. The number of hydrogen-bond acceptors (Lipinski definition) is 4. The van der Waals surface area contributed by atoms with Crippen molar-refractivity contribution in [1.82, 2.24) is 9.97 Å². The summed E-state index contributed by atoms with van der Waals surface area (Å²) >= 11 is 0. The molecule has 4 nitrogen and oxygen atoms in total. The van der Waals surface area contributed by atoms with Crippen molar-refractivity contribution in [3.63, 3.8) is 0 Å². The first-order chi connectivity index (χ1) is 7.58. The Hall–Kier alpha value is -1.32. The van der Waals surface area contributed by atoms with Crippen LogP contribution in [0.1, 0.15) is 38.9 Å². The Labute approximate surface area is 96.9 Å². The lowest BCUT2D eigenvalue weighted by molar-refractivity contribution is 0.411. The van der Waals surface area contributed by atoms with Gasteiger partial charge in [0.05, 0.1) is 0 Å². The molecule has 88 valence electrons. The van der Waals surface area contributed by atoms with Gasteiger partial charge in [-0.1, -0.05) is 0 Å². The third-order valence-corrected chi connectivity index (χ3v) is 3.30. The van der Waals surface area contributed by atoms with Gasteiger partial charge in [-0.05, 0) is 40.0 Å². The Morgan fingerprint density at radius 2 is 1.88 bits per heavy atom. The second kappa shape index (κ2) is 4.28. The Bertz CT molecular complexity index is 347. The minimum Gasteiger partial charge on any atom is -0.384 e. The molecule has 2 heterocycles. The minimum absolute atomic E-state index is 0.539. The maximum atomic E-state index is 5.78. The van der Waals surface area contributed by atoms with Crippen molar-refractivity contribution in [2.24, 2.45) is 0 Å². The van der Waals surface area contributed by atoms with Crippen LogP contribution in [0.3, 0.4) is 0 Å². The zero-order valence-corrected chi connectivity index (χ0v) is 10.3. The predicted molar refractivity (Wildman–Crippen MR) is 66.4 cm³/mol. The molecule has 0 radical (unpaired) electrons. The van der Waals surface area contributed by atoms with E-state index in [0.29, 0.717) is 17.9 Å². The Morgan fingerprint density at radius 1 is 1.25 bits per heavy atom. The van der Waals surface area contributed by atoms with E-state index in [1.165, 1.54) is 19.3 Å². The third kappa shape index (κ3) is 2.10. The molecule has 0 aliphatic carbocycles. The molecular formula is C12H20N4. The zero-order valence-electron chi connectivity index (χ0n) is 10.3. The zero-order chi connectivity index (χ0) is 11.7. The van der Waals surface area contributed by atoms with Gasteiger partial charge in [-0.15, -0.1) is 0 Å². The smallest absolute Gasteiger partial charge is 0.134 e. The van der Waals surface area contributed by atoms with Gasteiger partial charge in [0.2, 0.25) is 0 Å². The standard InChI is InChI=1S/C12H20N4/c1-8-5-4-6-9(2)16(8)12-7-11(13)14-10(3)15-12/h7-9H,4-6H2,1-3H3,(H2,13,14,15)/t8-,9+. The normalized spacial score (nSPS) is 25.8. The van der Waals surface area contributed by atoms with Gasteiger partial charge in [0, 0.05) is 18.2 Å².